The molecule has 2 atom stereocenters. The van der Waals surface area contributed by atoms with Gasteiger partial charge >= 0.3 is 12.2 Å². The monoisotopic (exact) mass is 764 g/mol. The fourth-order valence-corrected chi connectivity index (χ4v) is 6.72. The number of carbonyl (C=O) groups is 2. The Balaban J connectivity index is 0.00000673. The van der Waals surface area contributed by atoms with Gasteiger partial charge in [0.25, 0.3) is 0 Å². The quantitative estimate of drug-likeness (QED) is 0.107. The molecule has 1 unspecified atom stereocenters. The standard InChI is InChI=1S/C40H58N8O5S.H2/c1-39(2,3)52-37(49)47-18-10-12-30(47)22-41-23-33(45-27-51-20-21-54(7,8)9)34-26-42-31(24-43-34)28-14-16-29(17-15-28)32-25-44-36(46-32)35-13-11-19-48(35)38(50)53-40(4,5)6;/h14-17,22-26,30,35,45H,10-13,18-21,27H2,1-9H3,(H,44,46);1H/b33-23-,41-22?;/t30-,35?;/m0./s1. The maximum Gasteiger partial charge on any atom is 0.410 e. The van der Waals surface area contributed by atoms with Gasteiger partial charge in [0, 0.05) is 32.0 Å². The number of hydrogen-bond acceptors (Lipinski definition) is 10. The molecule has 54 heavy (non-hydrogen) atoms. The van der Waals surface area contributed by atoms with Crippen molar-refractivity contribution < 1.29 is 25.2 Å². The lowest BCUT2D eigenvalue weighted by atomic mass is 10.1. The first-order chi connectivity index (χ1) is 25.5. The van der Waals surface area contributed by atoms with E-state index < -0.39 is 21.2 Å². The van der Waals surface area contributed by atoms with Gasteiger partial charge in [0.05, 0.1) is 60.6 Å². The molecular weight excluding hydrogens is 705 g/mol. The normalized spacial score (nSPS) is 18.7. The molecule has 2 N–H and O–H groups in total. The van der Waals surface area contributed by atoms with Gasteiger partial charge in [0.15, 0.2) is 0 Å². The number of hydrogen-bond donors (Lipinski definition) is 2. The van der Waals surface area contributed by atoms with Gasteiger partial charge in [-0.25, -0.2) is 24.6 Å². The minimum Gasteiger partial charge on any atom is -0.444 e. The predicted octanol–water partition coefficient (Wildman–Crippen LogP) is 7.88. The van der Waals surface area contributed by atoms with Gasteiger partial charge in [-0.15, -0.1) is 0 Å². The molecule has 0 spiro atoms. The number of imidazole rings is 1. The van der Waals surface area contributed by atoms with Gasteiger partial charge in [0.1, 0.15) is 29.5 Å². The summed E-state index contributed by atoms with van der Waals surface area (Å²) in [5, 5.41) is 3.33. The molecule has 13 nitrogen and oxygen atoms in total. The van der Waals surface area contributed by atoms with E-state index in [4.69, 9.17) is 24.2 Å². The SMILES string of the molecule is CC(C)(C)OC(=O)N1CCCC1c1ncc(-c2ccc(-c3cnc(/C(=C/N=C[C@@H]4CCCN4C(=O)OC(C)(C)C)NCOCCS(C)(C)C)cn3)cc2)[nH]1.[HH]. The van der Waals surface area contributed by atoms with Crippen LogP contribution in [0.4, 0.5) is 9.59 Å². The van der Waals surface area contributed by atoms with Gasteiger partial charge in [-0.2, -0.15) is 0 Å². The van der Waals surface area contributed by atoms with Crippen molar-refractivity contribution in [2.75, 3.05) is 50.9 Å². The Kier molecular flexibility index (Phi) is 13.1. The van der Waals surface area contributed by atoms with E-state index in [2.05, 4.69) is 39.0 Å². The third-order valence-electron chi connectivity index (χ3n) is 8.81. The molecule has 5 rings (SSSR count). The summed E-state index contributed by atoms with van der Waals surface area (Å²) in [5.41, 5.74) is 3.63. The molecule has 2 aliphatic rings. The number of nitrogens with one attached hydrogen (secondary N) is 2. The number of aromatic amines is 1. The molecule has 14 heteroatoms. The number of rotatable bonds is 12. The summed E-state index contributed by atoms with van der Waals surface area (Å²) in [4.78, 5) is 51.3. The lowest BCUT2D eigenvalue weighted by molar-refractivity contribution is 0.0216. The van der Waals surface area contributed by atoms with Crippen molar-refractivity contribution in [2.24, 2.45) is 4.99 Å². The van der Waals surface area contributed by atoms with Crippen molar-refractivity contribution in [3.05, 3.63) is 60.6 Å². The molecule has 2 saturated heterocycles. The molecular formula is C40H60N8O5S. The van der Waals surface area contributed by atoms with Crippen LogP contribution >= 0.6 is 10.0 Å². The van der Waals surface area contributed by atoms with Crippen molar-refractivity contribution in [3.8, 4) is 22.5 Å². The van der Waals surface area contributed by atoms with Crippen LogP contribution in [0, 0.1) is 0 Å². The molecule has 296 valence electrons. The minimum absolute atomic E-state index is 0. The van der Waals surface area contributed by atoms with E-state index in [-0.39, 0.29) is 25.7 Å². The third kappa shape index (κ3) is 11.8. The summed E-state index contributed by atoms with van der Waals surface area (Å²) in [5.74, 6) is 1.76. The molecule has 4 heterocycles. The zero-order valence-electron chi connectivity index (χ0n) is 33.3. The summed E-state index contributed by atoms with van der Waals surface area (Å²) in [6, 6.07) is 7.75. The molecule has 2 aliphatic heterocycles. The van der Waals surface area contributed by atoms with Crippen LogP contribution in [-0.4, -0.2) is 116 Å². The Morgan fingerprint density at radius 3 is 2.20 bits per heavy atom. The lowest BCUT2D eigenvalue weighted by Gasteiger charge is -2.27. The predicted molar refractivity (Wildman–Crippen MR) is 219 cm³/mol. The zero-order valence-corrected chi connectivity index (χ0v) is 34.2. The number of H-pyrrole nitrogens is 1. The number of ether oxygens (including phenoxy) is 3. The van der Waals surface area contributed by atoms with Gasteiger partial charge in [0.2, 0.25) is 0 Å². The molecule has 0 saturated carbocycles. The van der Waals surface area contributed by atoms with Crippen LogP contribution in [0.1, 0.15) is 86.2 Å². The number of likely N-dealkylation sites (tertiary alicyclic amines) is 2. The Hall–Kier alpha value is -4.43. The van der Waals surface area contributed by atoms with E-state index in [9.17, 15) is 9.59 Å². The van der Waals surface area contributed by atoms with Gasteiger partial charge < -0.3 is 29.4 Å². The number of nitrogens with zero attached hydrogens (tertiary/aromatic N) is 6. The van der Waals surface area contributed by atoms with Crippen molar-refractivity contribution in [3.63, 3.8) is 0 Å². The zero-order chi connectivity index (χ0) is 39.1. The highest BCUT2D eigenvalue weighted by molar-refractivity contribution is 8.32. The third-order valence-corrected chi connectivity index (χ3v) is 10.2. The maximum absolute atomic E-state index is 12.8. The van der Waals surface area contributed by atoms with Gasteiger partial charge in [-0.3, -0.25) is 19.9 Å². The average molecular weight is 765 g/mol. The van der Waals surface area contributed by atoms with Crippen molar-refractivity contribution in [1.82, 2.24) is 35.1 Å². The highest BCUT2D eigenvalue weighted by Gasteiger charge is 2.35. The first-order valence-electron chi connectivity index (χ1n) is 18.6. The van der Waals surface area contributed by atoms with Crippen molar-refractivity contribution in [2.45, 2.75) is 90.5 Å². The second-order valence-corrected chi connectivity index (χ2v) is 21.2. The number of aliphatic imine (C=N–C) groups is 1. The van der Waals surface area contributed by atoms with Crippen LogP contribution in [0.25, 0.3) is 28.2 Å². The maximum atomic E-state index is 12.8. The second kappa shape index (κ2) is 17.4. The fourth-order valence-electron chi connectivity index (χ4n) is 6.10. The van der Waals surface area contributed by atoms with E-state index in [1.54, 1.807) is 34.6 Å². The molecule has 0 radical (unpaired) electrons. The highest BCUT2D eigenvalue weighted by atomic mass is 32.3. The summed E-state index contributed by atoms with van der Waals surface area (Å²) in [7, 11) is -0.665. The number of carbonyl (C=O) groups excluding carboxylic acids is 2. The molecule has 2 aromatic heterocycles. The van der Waals surface area contributed by atoms with Crippen LogP contribution in [0.3, 0.4) is 0 Å². The van der Waals surface area contributed by atoms with Crippen LogP contribution in [0.5, 0.6) is 0 Å². The largest absolute Gasteiger partial charge is 0.444 e. The first kappa shape index (κ1) is 40.7. The molecule has 0 bridgehead atoms. The lowest BCUT2D eigenvalue weighted by Crippen LogP contribution is -2.40. The average Bonchev–Trinajstić information content (AvgIpc) is 3.87. The Bertz CT molecular complexity index is 1780. The van der Waals surface area contributed by atoms with Crippen LogP contribution in [0.15, 0.2) is 54.0 Å². The highest BCUT2D eigenvalue weighted by Crippen LogP contribution is 2.34. The van der Waals surface area contributed by atoms with Gasteiger partial charge in [-0.1, -0.05) is 24.3 Å². The summed E-state index contributed by atoms with van der Waals surface area (Å²) >= 11 is 0. The Morgan fingerprint density at radius 1 is 0.907 bits per heavy atom. The summed E-state index contributed by atoms with van der Waals surface area (Å²) < 4.78 is 17.2. The molecule has 3 aromatic rings. The van der Waals surface area contributed by atoms with E-state index in [0.717, 1.165) is 59.8 Å². The smallest absolute Gasteiger partial charge is 0.410 e. The van der Waals surface area contributed by atoms with Crippen LogP contribution in [0.2, 0.25) is 0 Å². The molecule has 2 amide bonds. The van der Waals surface area contributed by atoms with E-state index in [1.165, 1.54) is 0 Å². The van der Waals surface area contributed by atoms with E-state index in [0.29, 0.717) is 37.8 Å². The topological polar surface area (TPSA) is 147 Å². The summed E-state index contributed by atoms with van der Waals surface area (Å²) in [6.07, 6.45) is 18.4. The number of amides is 2. The fraction of sp³-hybridized carbons (Fsp3) is 0.550. The Morgan fingerprint density at radius 2 is 1.56 bits per heavy atom. The van der Waals surface area contributed by atoms with Crippen LogP contribution in [-0.2, 0) is 14.2 Å². The van der Waals surface area contributed by atoms with Crippen molar-refractivity contribution in [1.29, 1.82) is 0 Å². The second-order valence-electron chi connectivity index (χ2n) is 16.6. The van der Waals surface area contributed by atoms with Gasteiger partial charge in [-0.05, 0) is 91.6 Å². The van der Waals surface area contributed by atoms with Crippen molar-refractivity contribution >= 4 is 34.1 Å². The van der Waals surface area contributed by atoms with E-state index >= 15 is 0 Å². The van der Waals surface area contributed by atoms with Crippen LogP contribution < -0.4 is 5.32 Å². The minimum atomic E-state index is -0.665. The summed E-state index contributed by atoms with van der Waals surface area (Å²) in [6.45, 7) is 13.5. The number of benzene rings is 1. The Labute approximate surface area is 323 Å². The number of aromatic nitrogens is 4. The molecule has 1 aromatic carbocycles. The van der Waals surface area contributed by atoms with E-state index in [1.807, 2.05) is 72.0 Å². The first-order valence-corrected chi connectivity index (χ1v) is 21.7. The molecule has 0 aliphatic carbocycles. The molecule has 2 fully saturated rings.